The predicted molar refractivity (Wildman–Crippen MR) is 197 cm³/mol. The first-order valence-corrected chi connectivity index (χ1v) is 16.5. The van der Waals surface area contributed by atoms with Gasteiger partial charge in [-0.2, -0.15) is 0 Å². The quantitative estimate of drug-likeness (QED) is 0.197. The number of methoxy groups -OCH3 is 1. The molecule has 0 bridgehead atoms. The Morgan fingerprint density at radius 3 is 1.65 bits per heavy atom. The van der Waals surface area contributed by atoms with E-state index < -0.39 is 0 Å². The number of hydrogen-bond acceptors (Lipinski definition) is 1. The molecule has 6 aromatic rings. The van der Waals surface area contributed by atoms with E-state index in [4.69, 9.17) is 4.74 Å². The minimum absolute atomic E-state index is 0.367. The first kappa shape index (κ1) is 29.6. The van der Waals surface area contributed by atoms with Gasteiger partial charge in [-0.3, -0.25) is 0 Å². The molecule has 0 heterocycles. The maximum atomic E-state index is 5.49. The van der Waals surface area contributed by atoms with E-state index in [1.54, 1.807) is 7.11 Å². The Labute approximate surface area is 273 Å². The van der Waals surface area contributed by atoms with Gasteiger partial charge in [-0.25, -0.2) is 0 Å². The van der Waals surface area contributed by atoms with Crippen LogP contribution in [0, 0.1) is 6.92 Å². The van der Waals surface area contributed by atoms with Gasteiger partial charge in [0.1, 0.15) is 5.75 Å². The molecule has 6 aromatic carbocycles. The fourth-order valence-corrected chi connectivity index (χ4v) is 7.92. The van der Waals surface area contributed by atoms with Crippen LogP contribution in [0.2, 0.25) is 0 Å². The molecule has 0 aliphatic heterocycles. The van der Waals surface area contributed by atoms with Crippen molar-refractivity contribution < 1.29 is 4.74 Å². The predicted octanol–water partition coefficient (Wildman–Crippen LogP) is 12.2. The van der Waals surface area contributed by atoms with Crippen molar-refractivity contribution in [2.24, 2.45) is 0 Å². The lowest BCUT2D eigenvalue weighted by atomic mass is 9.70. The van der Waals surface area contributed by atoms with E-state index in [0.29, 0.717) is 0 Å². The average Bonchev–Trinajstić information content (AvgIpc) is 3.57. The fraction of sp³-hybridized carbons (Fsp3) is 0.156. The Morgan fingerprint density at radius 1 is 0.522 bits per heavy atom. The molecular formula is C45H40O. The summed E-state index contributed by atoms with van der Waals surface area (Å²) in [7, 11) is 1.72. The van der Waals surface area contributed by atoms with Gasteiger partial charge in [-0.05, 0) is 123 Å². The van der Waals surface area contributed by atoms with Crippen LogP contribution in [0.5, 0.6) is 5.75 Å². The van der Waals surface area contributed by atoms with Gasteiger partial charge < -0.3 is 4.74 Å². The molecule has 46 heavy (non-hydrogen) atoms. The summed E-state index contributed by atoms with van der Waals surface area (Å²) < 4.78 is 5.49. The molecule has 1 atom stereocenters. The third-order valence-electron chi connectivity index (χ3n) is 9.84. The van der Waals surface area contributed by atoms with Gasteiger partial charge >= 0.3 is 0 Å². The van der Waals surface area contributed by atoms with Gasteiger partial charge in [0.2, 0.25) is 0 Å². The molecule has 0 saturated carbocycles. The lowest BCUT2D eigenvalue weighted by molar-refractivity contribution is 0.415. The van der Waals surface area contributed by atoms with Crippen molar-refractivity contribution in [3.8, 4) is 39.1 Å². The van der Waals surface area contributed by atoms with Gasteiger partial charge in [-0.15, -0.1) is 0 Å². The lowest BCUT2D eigenvalue weighted by Crippen LogP contribution is -2.26. The zero-order chi connectivity index (χ0) is 32.0. The van der Waals surface area contributed by atoms with Crippen molar-refractivity contribution in [2.75, 3.05) is 7.11 Å². The molecular weight excluding hydrogens is 556 g/mol. The van der Waals surface area contributed by atoms with Gasteiger partial charge in [0.25, 0.3) is 0 Å². The molecule has 2 aliphatic rings. The minimum Gasteiger partial charge on any atom is -0.497 e. The van der Waals surface area contributed by atoms with Crippen molar-refractivity contribution in [2.45, 2.75) is 40.0 Å². The summed E-state index contributed by atoms with van der Waals surface area (Å²) in [6.45, 7) is 10.5. The van der Waals surface area contributed by atoms with Gasteiger partial charge in [0, 0.05) is 0 Å². The summed E-state index contributed by atoms with van der Waals surface area (Å²) >= 11 is 0. The second-order valence-electron chi connectivity index (χ2n) is 11.9. The highest BCUT2D eigenvalue weighted by molar-refractivity contribution is 6.10. The van der Waals surface area contributed by atoms with E-state index in [0.717, 1.165) is 5.75 Å². The molecule has 0 aromatic heterocycles. The summed E-state index contributed by atoms with van der Waals surface area (Å²) in [5, 5.41) is 2.54. The van der Waals surface area contributed by atoms with E-state index in [1.807, 2.05) is 13.8 Å². The highest BCUT2D eigenvalue weighted by Gasteiger charge is 2.53. The van der Waals surface area contributed by atoms with Crippen LogP contribution < -0.4 is 4.74 Å². The number of hydrogen-bond donors (Lipinski definition) is 0. The van der Waals surface area contributed by atoms with Gasteiger partial charge in [0.15, 0.2) is 0 Å². The molecule has 1 spiro atoms. The van der Waals surface area contributed by atoms with Crippen molar-refractivity contribution in [1.29, 1.82) is 0 Å². The largest absolute Gasteiger partial charge is 0.497 e. The van der Waals surface area contributed by atoms with E-state index in [9.17, 15) is 0 Å². The molecule has 0 amide bonds. The smallest absolute Gasteiger partial charge is 0.118 e. The van der Waals surface area contributed by atoms with Crippen LogP contribution in [0.25, 0.3) is 49.7 Å². The van der Waals surface area contributed by atoms with Crippen LogP contribution in [0.4, 0.5) is 0 Å². The molecule has 1 nitrogen and oxygen atoms in total. The topological polar surface area (TPSA) is 9.23 Å². The molecule has 0 fully saturated rings. The van der Waals surface area contributed by atoms with Crippen molar-refractivity contribution in [3.05, 3.63) is 167 Å². The standard InChI is InChI=1S/C43H34O.C2H6/c1-5-31-34-11-7-9-13-40(34)43(39(31)6-2)41-14-10-8-12-35(41)38-25-36-32(29-19-21-30(44-4)22-20-29)23-24-33(37(36)26-42(38)43)28-17-15-27(3)16-18-28;1-2/h5-26H,1-4H3;1-2H3/b31-5-,39-6+;. The number of fused-ring (bicyclic) bond motifs is 8. The molecule has 226 valence electrons. The second-order valence-corrected chi connectivity index (χ2v) is 11.9. The van der Waals surface area contributed by atoms with Crippen LogP contribution in [0.3, 0.4) is 0 Å². The van der Waals surface area contributed by atoms with Crippen LogP contribution in [-0.2, 0) is 5.41 Å². The molecule has 1 heteroatoms. The average molecular weight is 597 g/mol. The zero-order valence-electron chi connectivity index (χ0n) is 27.6. The summed E-state index contributed by atoms with van der Waals surface area (Å²) in [6.07, 6.45) is 4.64. The van der Waals surface area contributed by atoms with Gasteiger partial charge in [0.05, 0.1) is 12.5 Å². The number of aryl methyl sites for hydroxylation is 1. The molecule has 2 aliphatic carbocycles. The Bertz CT molecular complexity index is 2160. The van der Waals surface area contributed by atoms with E-state index in [1.165, 1.54) is 83.1 Å². The van der Waals surface area contributed by atoms with E-state index in [2.05, 4.69) is 154 Å². The Kier molecular flexibility index (Phi) is 7.49. The Balaban J connectivity index is 0.00000166. The molecule has 0 N–H and O–H groups in total. The minimum atomic E-state index is -0.367. The Hall–Kier alpha value is -5.14. The van der Waals surface area contributed by atoms with Crippen molar-refractivity contribution in [3.63, 3.8) is 0 Å². The lowest BCUT2D eigenvalue weighted by Gasteiger charge is -2.31. The summed E-state index contributed by atoms with van der Waals surface area (Å²) in [5.74, 6) is 0.865. The highest BCUT2D eigenvalue weighted by Crippen LogP contribution is 2.64. The van der Waals surface area contributed by atoms with Crippen LogP contribution in [-0.4, -0.2) is 7.11 Å². The highest BCUT2D eigenvalue weighted by atomic mass is 16.5. The van der Waals surface area contributed by atoms with E-state index >= 15 is 0 Å². The second kappa shape index (κ2) is 11.7. The van der Waals surface area contributed by atoms with Gasteiger partial charge in [-0.1, -0.05) is 129 Å². The fourth-order valence-electron chi connectivity index (χ4n) is 7.92. The Morgan fingerprint density at radius 2 is 1.07 bits per heavy atom. The summed E-state index contributed by atoms with van der Waals surface area (Å²) in [6, 6.07) is 45.1. The number of ether oxygens (including phenoxy) is 1. The number of allylic oxidation sites excluding steroid dienone is 4. The first-order chi connectivity index (χ1) is 22.6. The molecule has 0 radical (unpaired) electrons. The third kappa shape index (κ3) is 4.15. The van der Waals surface area contributed by atoms with Crippen LogP contribution in [0.15, 0.2) is 139 Å². The van der Waals surface area contributed by atoms with Crippen molar-refractivity contribution >= 4 is 16.3 Å². The zero-order valence-corrected chi connectivity index (χ0v) is 27.6. The van der Waals surface area contributed by atoms with Crippen LogP contribution in [0.1, 0.15) is 55.5 Å². The van der Waals surface area contributed by atoms with E-state index in [-0.39, 0.29) is 5.41 Å². The molecule has 1 unspecified atom stereocenters. The number of benzene rings is 6. The first-order valence-electron chi connectivity index (χ1n) is 16.5. The molecule has 0 saturated heterocycles. The van der Waals surface area contributed by atoms with Crippen molar-refractivity contribution in [1.82, 2.24) is 0 Å². The van der Waals surface area contributed by atoms with Crippen LogP contribution >= 0.6 is 0 Å². The monoisotopic (exact) mass is 596 g/mol. The summed E-state index contributed by atoms with van der Waals surface area (Å²) in [5.41, 5.74) is 16.6. The maximum absolute atomic E-state index is 5.49. The normalized spacial score (nSPS) is 17.5. The SMILES string of the molecule is C/C=C1\C(=C/C)C2(c3ccccc31)c1ccccc1-c1cc3c(-c4ccc(OC)cc4)ccc(-c4ccc(C)cc4)c3cc12.CC. The number of rotatable bonds is 3. The third-order valence-corrected chi connectivity index (χ3v) is 9.84. The molecule has 8 rings (SSSR count). The summed E-state index contributed by atoms with van der Waals surface area (Å²) in [4.78, 5) is 0. The maximum Gasteiger partial charge on any atom is 0.118 e.